The largest absolute Gasteiger partial charge is 0.393 e. The number of fused-ring (bicyclic) bond motifs is 1. The third kappa shape index (κ3) is 0.595. The van der Waals surface area contributed by atoms with E-state index in [0.717, 1.165) is 0 Å². The standard InChI is InChI=1S/C5H6F3N/c6-5(7,8)3-2-1-9-4(2)3/h2-4,9H,1H2/t2-,3+,4+/m0/s1. The first-order chi connectivity index (χ1) is 4.11. The summed E-state index contributed by atoms with van der Waals surface area (Å²) in [7, 11) is 0. The lowest BCUT2D eigenvalue weighted by Crippen LogP contribution is -2.32. The van der Waals surface area contributed by atoms with E-state index < -0.39 is 12.1 Å². The van der Waals surface area contributed by atoms with Crippen LogP contribution in [0.2, 0.25) is 0 Å². The Morgan fingerprint density at radius 3 is 2.00 bits per heavy atom. The van der Waals surface area contributed by atoms with Gasteiger partial charge in [0.25, 0.3) is 0 Å². The number of hydrogen-bond donors (Lipinski definition) is 1. The van der Waals surface area contributed by atoms with Crippen LogP contribution in [-0.2, 0) is 0 Å². The zero-order valence-corrected chi connectivity index (χ0v) is 4.57. The molecule has 0 bridgehead atoms. The average molecular weight is 137 g/mol. The molecule has 1 aliphatic heterocycles. The van der Waals surface area contributed by atoms with Gasteiger partial charge in [-0.25, -0.2) is 0 Å². The first kappa shape index (κ1) is 5.53. The highest BCUT2D eigenvalue weighted by atomic mass is 19.4. The zero-order valence-electron chi connectivity index (χ0n) is 4.57. The second kappa shape index (κ2) is 1.26. The molecule has 1 nitrogen and oxygen atoms in total. The second-order valence-electron chi connectivity index (χ2n) is 2.67. The van der Waals surface area contributed by atoms with Gasteiger partial charge in [-0.2, -0.15) is 13.2 Å². The van der Waals surface area contributed by atoms with Gasteiger partial charge in [0.1, 0.15) is 0 Å². The van der Waals surface area contributed by atoms with Gasteiger partial charge in [-0.3, -0.25) is 0 Å². The SMILES string of the molecule is FC(F)(F)[C@@H]1[C@@H]2CN[C@H]21. The summed E-state index contributed by atoms with van der Waals surface area (Å²) < 4.78 is 35.2. The van der Waals surface area contributed by atoms with Gasteiger partial charge >= 0.3 is 6.18 Å². The first-order valence-electron chi connectivity index (χ1n) is 2.91. The van der Waals surface area contributed by atoms with Crippen LogP contribution in [0.5, 0.6) is 0 Å². The van der Waals surface area contributed by atoms with Crippen molar-refractivity contribution >= 4 is 0 Å². The van der Waals surface area contributed by atoms with Crippen LogP contribution in [-0.4, -0.2) is 18.8 Å². The lowest BCUT2D eigenvalue weighted by Gasteiger charge is -2.08. The quantitative estimate of drug-likeness (QED) is 0.520. The fourth-order valence-corrected chi connectivity index (χ4v) is 1.46. The summed E-state index contributed by atoms with van der Waals surface area (Å²) in [5.74, 6) is -1.09. The summed E-state index contributed by atoms with van der Waals surface area (Å²) in [6.07, 6.45) is -3.95. The number of alkyl halides is 3. The van der Waals surface area contributed by atoms with Crippen LogP contribution >= 0.6 is 0 Å². The van der Waals surface area contributed by atoms with Crippen molar-refractivity contribution < 1.29 is 13.2 Å². The molecule has 2 rings (SSSR count). The van der Waals surface area contributed by atoms with Gasteiger partial charge in [0.2, 0.25) is 0 Å². The molecular formula is C5H6F3N. The van der Waals surface area contributed by atoms with Crippen LogP contribution in [0, 0.1) is 11.8 Å². The molecule has 1 N–H and O–H groups in total. The van der Waals surface area contributed by atoms with Gasteiger partial charge in [0.15, 0.2) is 0 Å². The van der Waals surface area contributed by atoms with E-state index in [4.69, 9.17) is 0 Å². The number of nitrogens with one attached hydrogen (secondary N) is 1. The van der Waals surface area contributed by atoms with E-state index in [1.807, 2.05) is 0 Å². The number of halogens is 3. The molecule has 1 saturated heterocycles. The highest BCUT2D eigenvalue weighted by molar-refractivity contribution is 5.14. The summed E-state index contributed by atoms with van der Waals surface area (Å²) >= 11 is 0. The second-order valence-corrected chi connectivity index (χ2v) is 2.67. The minimum Gasteiger partial charge on any atom is -0.313 e. The smallest absolute Gasteiger partial charge is 0.313 e. The van der Waals surface area contributed by atoms with Crippen molar-refractivity contribution in [2.75, 3.05) is 6.54 Å². The van der Waals surface area contributed by atoms with Crippen LogP contribution in [0.3, 0.4) is 0 Å². The maximum absolute atomic E-state index is 11.7. The van der Waals surface area contributed by atoms with Gasteiger partial charge in [-0.1, -0.05) is 0 Å². The molecule has 1 heterocycles. The first-order valence-corrected chi connectivity index (χ1v) is 2.91. The Kier molecular flexibility index (Phi) is 0.773. The van der Waals surface area contributed by atoms with E-state index in [0.29, 0.717) is 6.54 Å². The normalized spacial score (nSPS) is 47.7. The Hall–Kier alpha value is -0.250. The molecule has 3 atom stereocenters. The topological polar surface area (TPSA) is 12.0 Å². The predicted molar refractivity (Wildman–Crippen MR) is 24.8 cm³/mol. The van der Waals surface area contributed by atoms with E-state index in [1.54, 1.807) is 0 Å². The molecular weight excluding hydrogens is 131 g/mol. The van der Waals surface area contributed by atoms with Gasteiger partial charge in [-0.05, 0) is 0 Å². The lowest BCUT2D eigenvalue weighted by molar-refractivity contribution is -0.149. The lowest BCUT2D eigenvalue weighted by atomic mass is 10.3. The minimum atomic E-state index is -3.95. The molecule has 0 unspecified atom stereocenters. The molecule has 0 radical (unpaired) electrons. The molecule has 2 fully saturated rings. The van der Waals surface area contributed by atoms with Gasteiger partial charge in [0.05, 0.1) is 5.92 Å². The van der Waals surface area contributed by atoms with E-state index in [-0.39, 0.29) is 12.0 Å². The molecule has 0 amide bonds. The third-order valence-corrected chi connectivity index (χ3v) is 2.14. The Bertz CT molecular complexity index is 132. The fraction of sp³-hybridized carbons (Fsp3) is 1.00. The van der Waals surface area contributed by atoms with Crippen molar-refractivity contribution in [1.29, 1.82) is 0 Å². The van der Waals surface area contributed by atoms with E-state index >= 15 is 0 Å². The monoisotopic (exact) mass is 137 g/mol. The van der Waals surface area contributed by atoms with Gasteiger partial charge in [-0.15, -0.1) is 0 Å². The minimum absolute atomic E-state index is 0.0787. The maximum Gasteiger partial charge on any atom is 0.393 e. The highest BCUT2D eigenvalue weighted by Crippen LogP contribution is 2.54. The molecule has 0 spiro atoms. The van der Waals surface area contributed by atoms with Crippen LogP contribution in [0.15, 0.2) is 0 Å². The Morgan fingerprint density at radius 1 is 1.33 bits per heavy atom. The Morgan fingerprint density at radius 2 is 1.89 bits per heavy atom. The van der Waals surface area contributed by atoms with Crippen molar-refractivity contribution in [2.24, 2.45) is 11.8 Å². The Balaban J connectivity index is 2.02. The number of rotatable bonds is 0. The summed E-state index contributed by atoms with van der Waals surface area (Å²) in [5.41, 5.74) is 0. The molecule has 2 aliphatic rings. The van der Waals surface area contributed by atoms with Gasteiger partial charge in [0, 0.05) is 18.5 Å². The predicted octanol–water partition coefficient (Wildman–Crippen LogP) is 0.766. The highest BCUT2D eigenvalue weighted by Gasteiger charge is 2.68. The molecule has 9 heavy (non-hydrogen) atoms. The third-order valence-electron chi connectivity index (χ3n) is 2.14. The molecule has 52 valence electrons. The van der Waals surface area contributed by atoms with Crippen LogP contribution < -0.4 is 5.32 Å². The van der Waals surface area contributed by atoms with Crippen LogP contribution in [0.1, 0.15) is 0 Å². The molecule has 0 aromatic carbocycles. The summed E-state index contributed by atoms with van der Waals surface area (Å²) in [4.78, 5) is 0. The maximum atomic E-state index is 11.7. The van der Waals surface area contributed by atoms with Gasteiger partial charge < -0.3 is 5.32 Å². The van der Waals surface area contributed by atoms with Crippen molar-refractivity contribution in [1.82, 2.24) is 5.32 Å². The van der Waals surface area contributed by atoms with E-state index in [9.17, 15) is 13.2 Å². The Labute approximate surface area is 50.2 Å². The van der Waals surface area contributed by atoms with E-state index in [2.05, 4.69) is 5.32 Å². The fourth-order valence-electron chi connectivity index (χ4n) is 1.46. The van der Waals surface area contributed by atoms with Crippen LogP contribution in [0.25, 0.3) is 0 Å². The molecule has 0 aromatic rings. The molecule has 1 aliphatic carbocycles. The van der Waals surface area contributed by atoms with Crippen molar-refractivity contribution in [3.63, 3.8) is 0 Å². The average Bonchev–Trinajstić information content (AvgIpc) is 2.04. The van der Waals surface area contributed by atoms with Crippen LogP contribution in [0.4, 0.5) is 13.2 Å². The van der Waals surface area contributed by atoms with Crippen molar-refractivity contribution in [3.05, 3.63) is 0 Å². The number of hydrogen-bond acceptors (Lipinski definition) is 1. The summed E-state index contributed by atoms with van der Waals surface area (Å²) in [6.45, 7) is 0.564. The summed E-state index contributed by atoms with van der Waals surface area (Å²) in [5, 5.41) is 2.72. The molecule has 0 aromatic heterocycles. The van der Waals surface area contributed by atoms with Crippen molar-refractivity contribution in [2.45, 2.75) is 12.2 Å². The van der Waals surface area contributed by atoms with Crippen molar-refractivity contribution in [3.8, 4) is 0 Å². The van der Waals surface area contributed by atoms with E-state index in [1.165, 1.54) is 0 Å². The zero-order chi connectivity index (χ0) is 6.65. The molecule has 4 heteroatoms. The summed E-state index contributed by atoms with van der Waals surface area (Å²) in [6, 6.07) is -0.218. The molecule has 1 saturated carbocycles.